The molecule has 0 aromatic heterocycles. The minimum Gasteiger partial charge on any atom is -0.389 e. The van der Waals surface area contributed by atoms with Crippen LogP contribution in [-0.2, 0) is 8.85 Å². The summed E-state index contributed by atoms with van der Waals surface area (Å²) in [5.41, 5.74) is 2.77. The van der Waals surface area contributed by atoms with Crippen molar-refractivity contribution in [3.63, 3.8) is 0 Å². The molecule has 1 aromatic rings. The van der Waals surface area contributed by atoms with Gasteiger partial charge in [0, 0.05) is 16.0 Å². The largest absolute Gasteiger partial charge is 0.389 e. The highest BCUT2D eigenvalue weighted by Crippen LogP contribution is 2.56. The molecular formula is C22H34O2Si. The zero-order chi connectivity index (χ0) is 18.3. The molecule has 0 N–H and O–H groups in total. The fraction of sp³-hybridized carbons (Fsp3) is 0.636. The van der Waals surface area contributed by atoms with Crippen molar-refractivity contribution >= 4 is 8.56 Å². The lowest BCUT2D eigenvalue weighted by Crippen LogP contribution is -2.59. The van der Waals surface area contributed by atoms with Gasteiger partial charge in [-0.25, -0.2) is 0 Å². The Balaban J connectivity index is 2.12. The van der Waals surface area contributed by atoms with Gasteiger partial charge in [0.1, 0.15) is 0 Å². The third-order valence-corrected chi connectivity index (χ3v) is 10.8. The summed E-state index contributed by atoms with van der Waals surface area (Å²) in [7, 11) is -2.52. The van der Waals surface area contributed by atoms with Crippen molar-refractivity contribution in [1.29, 1.82) is 0 Å². The second-order valence-corrected chi connectivity index (χ2v) is 14.5. The van der Waals surface area contributed by atoms with E-state index in [1.54, 1.807) is 0 Å². The SMILES string of the molecule is CC(C)(C)[Si]1(C(C)(C)C)OCC2=C[C@@H](CCC2)[C@@H](c2ccccc2)O1. The predicted octanol–water partition coefficient (Wildman–Crippen LogP) is 6.54. The molecule has 0 amide bonds. The zero-order valence-electron chi connectivity index (χ0n) is 16.8. The lowest BCUT2D eigenvalue weighted by molar-refractivity contribution is 0.0471. The maximum Gasteiger partial charge on any atom is 0.350 e. The predicted molar refractivity (Wildman–Crippen MR) is 107 cm³/mol. The zero-order valence-corrected chi connectivity index (χ0v) is 17.8. The van der Waals surface area contributed by atoms with Crippen LogP contribution in [0.25, 0.3) is 0 Å². The maximum absolute atomic E-state index is 7.15. The third kappa shape index (κ3) is 3.51. The van der Waals surface area contributed by atoms with E-state index >= 15 is 0 Å². The van der Waals surface area contributed by atoms with Crippen LogP contribution in [0.2, 0.25) is 10.1 Å². The highest BCUT2D eigenvalue weighted by molar-refractivity contribution is 6.73. The standard InChI is InChI=1S/C22H34O2Si/c1-21(2,3)25(22(4,5)6)23-16-17-11-10-14-19(15-17)20(24-25)18-12-8-7-9-13-18/h7-9,12-13,15,19-20H,10-11,14,16H2,1-6H3/t19-,20-/m1/s1. The molecular weight excluding hydrogens is 324 g/mol. The first-order valence-electron chi connectivity index (χ1n) is 9.70. The molecule has 2 aliphatic rings. The van der Waals surface area contributed by atoms with Gasteiger partial charge in [-0.2, -0.15) is 0 Å². The number of benzene rings is 1. The van der Waals surface area contributed by atoms with E-state index in [2.05, 4.69) is 78.0 Å². The average Bonchev–Trinajstić information content (AvgIpc) is 2.52. The summed E-state index contributed by atoms with van der Waals surface area (Å²) in [6, 6.07) is 10.8. The second-order valence-electron chi connectivity index (χ2n) is 9.74. The van der Waals surface area contributed by atoms with E-state index in [4.69, 9.17) is 8.85 Å². The molecule has 2 nitrogen and oxygen atoms in total. The van der Waals surface area contributed by atoms with Gasteiger partial charge in [-0.1, -0.05) is 78.0 Å². The summed E-state index contributed by atoms with van der Waals surface area (Å²) in [5, 5.41) is 0.00888. The fourth-order valence-corrected chi connectivity index (χ4v) is 9.71. The van der Waals surface area contributed by atoms with Gasteiger partial charge < -0.3 is 8.85 Å². The van der Waals surface area contributed by atoms with Gasteiger partial charge in [-0.05, 0) is 30.4 Å². The Kier molecular flexibility index (Phi) is 5.04. The quantitative estimate of drug-likeness (QED) is 0.419. The van der Waals surface area contributed by atoms with Crippen LogP contribution < -0.4 is 0 Å². The topological polar surface area (TPSA) is 18.5 Å². The summed E-state index contributed by atoms with van der Waals surface area (Å²) < 4.78 is 13.9. The fourth-order valence-electron chi connectivity index (χ4n) is 4.76. The minimum atomic E-state index is -2.52. The molecule has 1 aliphatic carbocycles. The molecule has 2 bridgehead atoms. The Morgan fingerprint density at radius 3 is 2.20 bits per heavy atom. The third-order valence-electron chi connectivity index (χ3n) is 5.73. The molecule has 138 valence electrons. The molecule has 1 aromatic carbocycles. The number of fused-ring (bicyclic) bond motifs is 1. The Bertz CT molecular complexity index is 608. The Labute approximate surface area is 154 Å². The molecule has 25 heavy (non-hydrogen) atoms. The number of hydrogen-bond donors (Lipinski definition) is 0. The van der Waals surface area contributed by atoms with Crippen molar-refractivity contribution in [3.8, 4) is 0 Å². The van der Waals surface area contributed by atoms with Crippen LogP contribution in [0.15, 0.2) is 42.0 Å². The van der Waals surface area contributed by atoms with Gasteiger partial charge in [-0.3, -0.25) is 0 Å². The molecule has 0 fully saturated rings. The van der Waals surface area contributed by atoms with E-state index in [0.29, 0.717) is 5.92 Å². The molecule has 0 spiro atoms. The van der Waals surface area contributed by atoms with Crippen molar-refractivity contribution in [3.05, 3.63) is 47.5 Å². The van der Waals surface area contributed by atoms with Gasteiger partial charge in [0.15, 0.2) is 0 Å². The highest BCUT2D eigenvalue weighted by Gasteiger charge is 2.60. The molecule has 2 atom stereocenters. The average molecular weight is 359 g/mol. The summed E-state index contributed by atoms with van der Waals surface area (Å²) in [6.07, 6.45) is 6.18. The lowest BCUT2D eigenvalue weighted by Gasteiger charge is -2.52. The highest BCUT2D eigenvalue weighted by atomic mass is 28.4. The van der Waals surface area contributed by atoms with Crippen molar-refractivity contribution in [2.75, 3.05) is 6.61 Å². The van der Waals surface area contributed by atoms with Gasteiger partial charge in [0.2, 0.25) is 0 Å². The first-order chi connectivity index (χ1) is 11.6. The van der Waals surface area contributed by atoms with Crippen LogP contribution in [0, 0.1) is 5.92 Å². The van der Waals surface area contributed by atoms with E-state index in [1.165, 1.54) is 30.4 Å². The Morgan fingerprint density at radius 2 is 1.60 bits per heavy atom. The Morgan fingerprint density at radius 1 is 0.960 bits per heavy atom. The molecule has 3 rings (SSSR count). The van der Waals surface area contributed by atoms with E-state index in [1.807, 2.05) is 0 Å². The summed E-state index contributed by atoms with van der Waals surface area (Å²) in [4.78, 5) is 0. The molecule has 3 heteroatoms. The number of hydrogen-bond acceptors (Lipinski definition) is 2. The number of rotatable bonds is 1. The molecule has 0 saturated heterocycles. The van der Waals surface area contributed by atoms with Crippen LogP contribution in [0.4, 0.5) is 0 Å². The molecule has 0 saturated carbocycles. The van der Waals surface area contributed by atoms with Gasteiger partial charge >= 0.3 is 8.56 Å². The lowest BCUT2D eigenvalue weighted by atomic mass is 9.84. The van der Waals surface area contributed by atoms with Crippen LogP contribution in [-0.4, -0.2) is 15.2 Å². The molecule has 0 unspecified atom stereocenters. The molecule has 1 heterocycles. The van der Waals surface area contributed by atoms with Gasteiger partial charge in [0.05, 0.1) is 12.7 Å². The van der Waals surface area contributed by atoms with Crippen LogP contribution in [0.5, 0.6) is 0 Å². The van der Waals surface area contributed by atoms with Gasteiger partial charge in [-0.15, -0.1) is 0 Å². The van der Waals surface area contributed by atoms with Crippen molar-refractivity contribution in [2.24, 2.45) is 5.92 Å². The molecule has 0 radical (unpaired) electrons. The van der Waals surface area contributed by atoms with E-state index in [0.717, 1.165) is 6.61 Å². The maximum atomic E-state index is 7.15. The van der Waals surface area contributed by atoms with E-state index < -0.39 is 8.56 Å². The second kappa shape index (κ2) is 6.68. The smallest absolute Gasteiger partial charge is 0.350 e. The summed E-state index contributed by atoms with van der Waals surface area (Å²) in [6.45, 7) is 14.6. The minimum absolute atomic E-state index is 0.00444. The van der Waals surface area contributed by atoms with E-state index in [9.17, 15) is 0 Å². The first-order valence-corrected chi connectivity index (χ1v) is 11.5. The van der Waals surface area contributed by atoms with Crippen LogP contribution in [0.1, 0.15) is 72.5 Å². The van der Waals surface area contributed by atoms with Crippen molar-refractivity contribution in [1.82, 2.24) is 0 Å². The van der Waals surface area contributed by atoms with Crippen LogP contribution >= 0.6 is 0 Å². The first kappa shape index (κ1) is 18.9. The van der Waals surface area contributed by atoms with E-state index in [-0.39, 0.29) is 16.2 Å². The van der Waals surface area contributed by atoms with Crippen molar-refractivity contribution in [2.45, 2.75) is 77.0 Å². The monoisotopic (exact) mass is 358 g/mol. The normalized spacial score (nSPS) is 27.2. The van der Waals surface area contributed by atoms with Gasteiger partial charge in [0.25, 0.3) is 0 Å². The van der Waals surface area contributed by atoms with Crippen molar-refractivity contribution < 1.29 is 8.85 Å². The summed E-state index contributed by atoms with van der Waals surface area (Å²) in [5.74, 6) is 0.464. The summed E-state index contributed by atoms with van der Waals surface area (Å²) >= 11 is 0. The molecule has 1 aliphatic heterocycles. The Hall–Kier alpha value is -0.903. The van der Waals surface area contributed by atoms with Crippen LogP contribution in [0.3, 0.4) is 0 Å².